The third-order valence-electron chi connectivity index (χ3n) is 3.44. The highest BCUT2D eigenvalue weighted by Gasteiger charge is 2.18. The molecular formula is C16H24N4O. The van der Waals surface area contributed by atoms with Gasteiger partial charge in [-0.15, -0.1) is 0 Å². The molecule has 114 valence electrons. The van der Waals surface area contributed by atoms with Crippen LogP contribution in [0.15, 0.2) is 30.5 Å². The summed E-state index contributed by atoms with van der Waals surface area (Å²) in [5, 5.41) is 4.48. The van der Waals surface area contributed by atoms with Crippen molar-refractivity contribution in [2.24, 2.45) is 12.9 Å². The van der Waals surface area contributed by atoms with Crippen LogP contribution in [0.3, 0.4) is 0 Å². The van der Waals surface area contributed by atoms with E-state index in [0.29, 0.717) is 0 Å². The summed E-state index contributed by atoms with van der Waals surface area (Å²) in [5.74, 6) is 6.66. The maximum absolute atomic E-state index is 5.77. The first-order valence-electron chi connectivity index (χ1n) is 7.40. The minimum absolute atomic E-state index is 0.0612. The molecule has 0 radical (unpaired) electrons. The fraction of sp³-hybridized carbons (Fsp3) is 0.438. The van der Waals surface area contributed by atoms with Crippen molar-refractivity contribution in [1.29, 1.82) is 0 Å². The van der Waals surface area contributed by atoms with E-state index >= 15 is 0 Å². The highest BCUT2D eigenvalue weighted by Crippen LogP contribution is 2.26. The molecule has 1 aromatic heterocycles. The number of nitrogens with two attached hydrogens (primary N) is 1. The molecule has 21 heavy (non-hydrogen) atoms. The minimum atomic E-state index is -0.0612. The Bertz CT molecular complexity index is 562. The zero-order valence-corrected chi connectivity index (χ0v) is 13.0. The van der Waals surface area contributed by atoms with Crippen molar-refractivity contribution in [3.63, 3.8) is 0 Å². The highest BCUT2D eigenvalue weighted by molar-refractivity contribution is 5.36. The van der Waals surface area contributed by atoms with Crippen molar-refractivity contribution in [1.82, 2.24) is 15.2 Å². The number of ether oxygens (including phenoxy) is 1. The number of aromatic nitrogens is 2. The number of rotatable bonds is 7. The van der Waals surface area contributed by atoms with Crippen LogP contribution in [0.5, 0.6) is 5.75 Å². The fourth-order valence-electron chi connectivity index (χ4n) is 2.41. The molecule has 0 fully saturated rings. The average molecular weight is 288 g/mol. The van der Waals surface area contributed by atoms with Gasteiger partial charge in [0.05, 0.1) is 18.3 Å². The van der Waals surface area contributed by atoms with Crippen LogP contribution in [0.4, 0.5) is 0 Å². The van der Waals surface area contributed by atoms with E-state index in [2.05, 4.69) is 24.4 Å². The van der Waals surface area contributed by atoms with Gasteiger partial charge in [-0.05, 0) is 30.5 Å². The maximum Gasteiger partial charge on any atom is 0.119 e. The summed E-state index contributed by atoms with van der Waals surface area (Å²) in [6, 6.07) is 7.99. The Morgan fingerprint density at radius 3 is 2.57 bits per heavy atom. The summed E-state index contributed by atoms with van der Waals surface area (Å²) in [4.78, 5) is 0. The molecule has 2 rings (SSSR count). The van der Waals surface area contributed by atoms with Gasteiger partial charge in [0, 0.05) is 18.8 Å². The Kier molecular flexibility index (Phi) is 5.36. The summed E-state index contributed by atoms with van der Waals surface area (Å²) >= 11 is 0. The largest absolute Gasteiger partial charge is 0.494 e. The number of hydrazine groups is 1. The second-order valence-corrected chi connectivity index (χ2v) is 5.08. The number of hydrogen-bond acceptors (Lipinski definition) is 4. The fourth-order valence-corrected chi connectivity index (χ4v) is 2.41. The average Bonchev–Trinajstić information content (AvgIpc) is 2.88. The monoisotopic (exact) mass is 288 g/mol. The molecule has 3 N–H and O–H groups in total. The molecule has 2 aromatic rings. The topological polar surface area (TPSA) is 65.1 Å². The Morgan fingerprint density at radius 1 is 1.29 bits per heavy atom. The third-order valence-corrected chi connectivity index (χ3v) is 3.44. The van der Waals surface area contributed by atoms with E-state index in [-0.39, 0.29) is 6.04 Å². The summed E-state index contributed by atoms with van der Waals surface area (Å²) in [6.45, 7) is 4.93. The van der Waals surface area contributed by atoms with Gasteiger partial charge < -0.3 is 4.74 Å². The molecule has 5 heteroatoms. The molecule has 0 amide bonds. The lowest BCUT2D eigenvalue weighted by Gasteiger charge is -2.17. The third kappa shape index (κ3) is 3.62. The quantitative estimate of drug-likeness (QED) is 0.606. The summed E-state index contributed by atoms with van der Waals surface area (Å²) in [5.41, 5.74) is 6.17. The van der Waals surface area contributed by atoms with E-state index in [1.54, 1.807) is 0 Å². The van der Waals surface area contributed by atoms with Crippen molar-refractivity contribution < 1.29 is 4.74 Å². The predicted molar refractivity (Wildman–Crippen MR) is 84.0 cm³/mol. The first-order valence-corrected chi connectivity index (χ1v) is 7.40. The summed E-state index contributed by atoms with van der Waals surface area (Å²) < 4.78 is 7.44. The molecule has 0 saturated heterocycles. The van der Waals surface area contributed by atoms with Crippen LogP contribution in [0.1, 0.15) is 43.1 Å². The zero-order chi connectivity index (χ0) is 15.2. The molecule has 0 saturated carbocycles. The van der Waals surface area contributed by atoms with Gasteiger partial charge in [-0.1, -0.05) is 26.0 Å². The van der Waals surface area contributed by atoms with E-state index in [0.717, 1.165) is 42.0 Å². The van der Waals surface area contributed by atoms with Gasteiger partial charge in [0.25, 0.3) is 0 Å². The number of benzene rings is 1. The van der Waals surface area contributed by atoms with Crippen molar-refractivity contribution in [3.05, 3.63) is 47.3 Å². The standard InChI is InChI=1S/C16H24N4O/c1-4-10-21-13-8-6-12(7-9-13)16(18-17)14-11-20(3)19-15(14)5-2/h6-9,11,16,18H,4-5,10,17H2,1-3H3. The van der Waals surface area contributed by atoms with E-state index in [1.165, 1.54) is 0 Å². The molecule has 0 aliphatic carbocycles. The van der Waals surface area contributed by atoms with Crippen molar-refractivity contribution in [3.8, 4) is 5.75 Å². The second kappa shape index (κ2) is 7.24. The molecule has 1 atom stereocenters. The van der Waals surface area contributed by atoms with Crippen LogP contribution in [0.25, 0.3) is 0 Å². The van der Waals surface area contributed by atoms with Crippen LogP contribution in [0.2, 0.25) is 0 Å². The smallest absolute Gasteiger partial charge is 0.119 e. The van der Waals surface area contributed by atoms with Gasteiger partial charge in [0.15, 0.2) is 0 Å². The Morgan fingerprint density at radius 2 is 2.00 bits per heavy atom. The molecule has 0 aliphatic rings. The molecule has 1 aromatic carbocycles. The first-order chi connectivity index (χ1) is 10.2. The van der Waals surface area contributed by atoms with Gasteiger partial charge >= 0.3 is 0 Å². The van der Waals surface area contributed by atoms with Crippen LogP contribution in [-0.2, 0) is 13.5 Å². The molecule has 1 unspecified atom stereocenters. The van der Waals surface area contributed by atoms with E-state index < -0.39 is 0 Å². The number of aryl methyl sites for hydroxylation is 2. The molecule has 0 aliphatic heterocycles. The van der Waals surface area contributed by atoms with Gasteiger partial charge in [0.1, 0.15) is 5.75 Å². The van der Waals surface area contributed by atoms with E-state index in [4.69, 9.17) is 10.6 Å². The predicted octanol–water partition coefficient (Wildman–Crippen LogP) is 2.32. The van der Waals surface area contributed by atoms with Gasteiger partial charge in [-0.2, -0.15) is 5.10 Å². The Hall–Kier alpha value is -1.85. The number of nitrogens with zero attached hydrogens (tertiary/aromatic N) is 2. The SMILES string of the molecule is CCCOc1ccc(C(NN)c2cn(C)nc2CC)cc1. The van der Waals surface area contributed by atoms with Crippen LogP contribution in [-0.4, -0.2) is 16.4 Å². The maximum atomic E-state index is 5.77. The Labute approximate surface area is 126 Å². The normalized spacial score (nSPS) is 12.4. The highest BCUT2D eigenvalue weighted by atomic mass is 16.5. The van der Waals surface area contributed by atoms with Gasteiger partial charge in [-0.3, -0.25) is 10.5 Å². The first kappa shape index (κ1) is 15.5. The Balaban J connectivity index is 2.24. The van der Waals surface area contributed by atoms with E-state index in [1.807, 2.05) is 42.2 Å². The molecule has 5 nitrogen and oxygen atoms in total. The van der Waals surface area contributed by atoms with Crippen LogP contribution in [0, 0.1) is 0 Å². The second-order valence-electron chi connectivity index (χ2n) is 5.08. The molecule has 0 bridgehead atoms. The van der Waals surface area contributed by atoms with Gasteiger partial charge in [0.2, 0.25) is 0 Å². The van der Waals surface area contributed by atoms with E-state index in [9.17, 15) is 0 Å². The van der Waals surface area contributed by atoms with Crippen molar-refractivity contribution >= 4 is 0 Å². The lowest BCUT2D eigenvalue weighted by molar-refractivity contribution is 0.317. The number of nitrogens with one attached hydrogen (secondary N) is 1. The number of hydrogen-bond donors (Lipinski definition) is 2. The molecular weight excluding hydrogens is 264 g/mol. The summed E-state index contributed by atoms with van der Waals surface area (Å²) in [7, 11) is 1.93. The molecule has 1 heterocycles. The molecule has 0 spiro atoms. The lowest BCUT2D eigenvalue weighted by atomic mass is 9.99. The summed E-state index contributed by atoms with van der Waals surface area (Å²) in [6.07, 6.45) is 3.90. The van der Waals surface area contributed by atoms with Crippen molar-refractivity contribution in [2.45, 2.75) is 32.7 Å². The minimum Gasteiger partial charge on any atom is -0.494 e. The van der Waals surface area contributed by atoms with Crippen molar-refractivity contribution in [2.75, 3.05) is 6.61 Å². The van der Waals surface area contributed by atoms with Gasteiger partial charge in [-0.25, -0.2) is 5.43 Å². The zero-order valence-electron chi connectivity index (χ0n) is 13.0. The van der Waals surface area contributed by atoms with Crippen LogP contribution >= 0.6 is 0 Å². The lowest BCUT2D eigenvalue weighted by Crippen LogP contribution is -2.29. The van der Waals surface area contributed by atoms with Crippen LogP contribution < -0.4 is 16.0 Å².